The molecule has 4 nitrogen and oxygen atoms in total. The van der Waals surface area contributed by atoms with Crippen molar-refractivity contribution >= 4 is 16.7 Å². The average Bonchev–Trinajstić information content (AvgIpc) is 2.62. The minimum absolute atomic E-state index is 0.143. The van der Waals surface area contributed by atoms with E-state index in [1.807, 2.05) is 41.3 Å². The first kappa shape index (κ1) is 14.9. The first-order valence-electron chi connectivity index (χ1n) is 7.92. The van der Waals surface area contributed by atoms with Crippen molar-refractivity contribution in [3.8, 4) is 11.4 Å². The number of anilines is 1. The number of piperidine rings is 1. The topological polar surface area (TPSA) is 41.9 Å². The molecule has 4 rings (SSSR count). The second kappa shape index (κ2) is 5.78. The minimum atomic E-state index is -2.58. The lowest BCUT2D eigenvalue weighted by atomic mass is 10.1. The predicted molar refractivity (Wildman–Crippen MR) is 89.2 cm³/mol. The van der Waals surface area contributed by atoms with Gasteiger partial charge in [0.1, 0.15) is 5.82 Å². The van der Waals surface area contributed by atoms with E-state index in [-0.39, 0.29) is 12.8 Å². The van der Waals surface area contributed by atoms with Gasteiger partial charge in [0.15, 0.2) is 5.82 Å². The number of fused-ring (bicyclic) bond motifs is 1. The molecular formula is C18H16F2N4. The number of pyridine rings is 1. The van der Waals surface area contributed by atoms with Gasteiger partial charge >= 0.3 is 0 Å². The van der Waals surface area contributed by atoms with Crippen molar-refractivity contribution in [1.82, 2.24) is 15.0 Å². The fraction of sp³-hybridized carbons (Fsp3) is 0.278. The molecule has 1 fully saturated rings. The minimum Gasteiger partial charge on any atom is -0.356 e. The van der Waals surface area contributed by atoms with Crippen LogP contribution in [0.5, 0.6) is 0 Å². The number of benzene rings is 1. The smallest absolute Gasteiger partial charge is 0.251 e. The first-order chi connectivity index (χ1) is 11.6. The van der Waals surface area contributed by atoms with E-state index in [1.165, 1.54) is 0 Å². The number of hydrogen-bond donors (Lipinski definition) is 0. The molecule has 6 heteroatoms. The molecule has 0 N–H and O–H groups in total. The second-order valence-corrected chi connectivity index (χ2v) is 5.97. The molecule has 122 valence electrons. The van der Waals surface area contributed by atoms with Crippen LogP contribution in [0.15, 0.2) is 48.8 Å². The van der Waals surface area contributed by atoms with Gasteiger partial charge in [-0.15, -0.1) is 0 Å². The standard InChI is InChI=1S/C18H16F2N4/c19-18(20)7-11-24(12-8-18)17-14-3-1-2-4-15(14)22-16(23-17)13-5-9-21-10-6-13/h1-6,9-10H,7-8,11-12H2. The van der Waals surface area contributed by atoms with E-state index in [9.17, 15) is 8.78 Å². The highest BCUT2D eigenvalue weighted by atomic mass is 19.3. The summed E-state index contributed by atoms with van der Waals surface area (Å²) >= 11 is 0. The normalized spacial score (nSPS) is 17.2. The van der Waals surface area contributed by atoms with Gasteiger partial charge in [-0.3, -0.25) is 4.98 Å². The highest BCUT2D eigenvalue weighted by Gasteiger charge is 2.35. The molecular weight excluding hydrogens is 310 g/mol. The molecule has 0 radical (unpaired) electrons. The Balaban J connectivity index is 1.81. The van der Waals surface area contributed by atoms with Gasteiger partial charge in [-0.1, -0.05) is 12.1 Å². The number of nitrogens with zero attached hydrogens (tertiary/aromatic N) is 4. The van der Waals surface area contributed by atoms with Crippen molar-refractivity contribution in [3.05, 3.63) is 48.8 Å². The van der Waals surface area contributed by atoms with Crippen LogP contribution in [-0.4, -0.2) is 34.0 Å². The van der Waals surface area contributed by atoms with E-state index < -0.39 is 5.92 Å². The van der Waals surface area contributed by atoms with Crippen LogP contribution >= 0.6 is 0 Å². The molecule has 0 amide bonds. The lowest BCUT2D eigenvalue weighted by molar-refractivity contribution is -0.0221. The molecule has 1 aromatic carbocycles. The summed E-state index contributed by atoms with van der Waals surface area (Å²) in [7, 11) is 0. The summed E-state index contributed by atoms with van der Waals surface area (Å²) in [6, 6.07) is 11.4. The Kier molecular flexibility index (Phi) is 3.59. The zero-order chi connectivity index (χ0) is 16.6. The molecule has 1 aliphatic rings. The van der Waals surface area contributed by atoms with Crippen molar-refractivity contribution in [1.29, 1.82) is 0 Å². The Morgan fingerprint density at radius 3 is 2.38 bits per heavy atom. The van der Waals surface area contributed by atoms with Gasteiger partial charge in [-0.2, -0.15) is 0 Å². The van der Waals surface area contributed by atoms with E-state index in [2.05, 4.69) is 15.0 Å². The van der Waals surface area contributed by atoms with Gasteiger partial charge < -0.3 is 4.90 Å². The Bertz CT molecular complexity index is 857. The summed E-state index contributed by atoms with van der Waals surface area (Å²) in [5.74, 6) is -1.26. The molecule has 1 saturated heterocycles. The van der Waals surface area contributed by atoms with Gasteiger partial charge in [-0.05, 0) is 24.3 Å². The number of aromatic nitrogens is 3. The number of rotatable bonds is 2. The van der Waals surface area contributed by atoms with Crippen molar-refractivity contribution in [2.75, 3.05) is 18.0 Å². The van der Waals surface area contributed by atoms with Crippen molar-refractivity contribution in [3.63, 3.8) is 0 Å². The molecule has 2 aromatic heterocycles. The van der Waals surface area contributed by atoms with Crippen LogP contribution < -0.4 is 4.90 Å². The number of para-hydroxylation sites is 1. The molecule has 1 aliphatic heterocycles. The molecule has 0 unspecified atom stereocenters. The fourth-order valence-corrected chi connectivity index (χ4v) is 2.98. The molecule has 0 bridgehead atoms. The zero-order valence-corrected chi connectivity index (χ0v) is 13.0. The summed E-state index contributed by atoms with van der Waals surface area (Å²) in [5, 5.41) is 0.889. The summed E-state index contributed by atoms with van der Waals surface area (Å²) in [6.07, 6.45) is 3.09. The van der Waals surface area contributed by atoms with Crippen molar-refractivity contribution in [2.24, 2.45) is 0 Å². The molecule has 3 aromatic rings. The fourth-order valence-electron chi connectivity index (χ4n) is 2.98. The van der Waals surface area contributed by atoms with Crippen LogP contribution in [0.4, 0.5) is 14.6 Å². The molecule has 0 aliphatic carbocycles. The average molecular weight is 326 g/mol. The Labute approximate surface area is 138 Å². The van der Waals surface area contributed by atoms with Gasteiger partial charge in [0, 0.05) is 49.3 Å². The lowest BCUT2D eigenvalue weighted by Crippen LogP contribution is -2.39. The quantitative estimate of drug-likeness (QED) is 0.715. The third kappa shape index (κ3) is 2.79. The van der Waals surface area contributed by atoms with E-state index >= 15 is 0 Å². The number of halogens is 2. The summed E-state index contributed by atoms with van der Waals surface area (Å²) in [4.78, 5) is 15.2. The first-order valence-corrected chi connectivity index (χ1v) is 7.92. The third-order valence-corrected chi connectivity index (χ3v) is 4.32. The van der Waals surface area contributed by atoms with Gasteiger partial charge in [-0.25, -0.2) is 18.7 Å². The van der Waals surface area contributed by atoms with Crippen molar-refractivity contribution < 1.29 is 8.78 Å². The molecule has 3 heterocycles. The molecule has 24 heavy (non-hydrogen) atoms. The third-order valence-electron chi connectivity index (χ3n) is 4.32. The Morgan fingerprint density at radius 2 is 1.62 bits per heavy atom. The number of hydrogen-bond acceptors (Lipinski definition) is 4. The highest BCUT2D eigenvalue weighted by molar-refractivity contribution is 5.91. The second-order valence-electron chi connectivity index (χ2n) is 5.97. The van der Waals surface area contributed by atoms with Crippen LogP contribution in [0.2, 0.25) is 0 Å². The molecule has 0 spiro atoms. The van der Waals surface area contributed by atoms with E-state index in [0.29, 0.717) is 18.9 Å². The Morgan fingerprint density at radius 1 is 0.917 bits per heavy atom. The summed E-state index contributed by atoms with van der Waals surface area (Å²) < 4.78 is 27.0. The van der Waals surface area contributed by atoms with Crippen molar-refractivity contribution in [2.45, 2.75) is 18.8 Å². The highest BCUT2D eigenvalue weighted by Crippen LogP contribution is 2.33. The summed E-state index contributed by atoms with van der Waals surface area (Å²) in [6.45, 7) is 0.591. The maximum absolute atomic E-state index is 13.5. The van der Waals surface area contributed by atoms with Gasteiger partial charge in [0.2, 0.25) is 0 Å². The Hall–Kier alpha value is -2.63. The van der Waals surface area contributed by atoms with Gasteiger partial charge in [0.05, 0.1) is 5.52 Å². The molecule has 0 atom stereocenters. The number of alkyl halides is 2. The van der Waals surface area contributed by atoms with Crippen LogP contribution in [-0.2, 0) is 0 Å². The molecule has 0 saturated carbocycles. The van der Waals surface area contributed by atoms with E-state index in [4.69, 9.17) is 0 Å². The lowest BCUT2D eigenvalue weighted by Gasteiger charge is -2.33. The maximum Gasteiger partial charge on any atom is 0.251 e. The van der Waals surface area contributed by atoms with E-state index in [1.54, 1.807) is 12.4 Å². The van der Waals surface area contributed by atoms with Gasteiger partial charge in [0.25, 0.3) is 5.92 Å². The van der Waals surface area contributed by atoms with E-state index in [0.717, 1.165) is 22.3 Å². The maximum atomic E-state index is 13.5. The summed E-state index contributed by atoms with van der Waals surface area (Å²) in [5.41, 5.74) is 1.67. The van der Waals surface area contributed by atoms with Crippen LogP contribution in [0, 0.1) is 0 Å². The monoisotopic (exact) mass is 326 g/mol. The SMILES string of the molecule is FC1(F)CCN(c2nc(-c3ccncc3)nc3ccccc23)CC1. The predicted octanol–water partition coefficient (Wildman–Crippen LogP) is 3.93. The largest absolute Gasteiger partial charge is 0.356 e. The van der Waals surface area contributed by atoms with Crippen LogP contribution in [0.1, 0.15) is 12.8 Å². The zero-order valence-electron chi connectivity index (χ0n) is 13.0. The van der Waals surface area contributed by atoms with Crippen LogP contribution in [0.25, 0.3) is 22.3 Å². The van der Waals surface area contributed by atoms with Crippen LogP contribution in [0.3, 0.4) is 0 Å².